The molecule has 0 aromatic heterocycles. The summed E-state index contributed by atoms with van der Waals surface area (Å²) in [5.74, 6) is 0.180. The van der Waals surface area contributed by atoms with Crippen molar-refractivity contribution < 1.29 is 4.79 Å². The lowest BCUT2D eigenvalue weighted by atomic mass is 10.1. The molecule has 0 radical (unpaired) electrons. The zero-order chi connectivity index (χ0) is 9.35. The first-order valence-corrected chi connectivity index (χ1v) is 4.14. The fraction of sp³-hybridized carbons (Fsp3) is 0.875. The quantitative estimate of drug-likeness (QED) is 0.607. The molecule has 0 aromatic carbocycles. The number of carbonyl (C=O) groups excluding carboxylic acids is 1. The van der Waals surface area contributed by atoms with E-state index in [1.165, 1.54) is 0 Å². The first kappa shape index (κ1) is 9.48. The van der Waals surface area contributed by atoms with E-state index in [2.05, 4.69) is 4.90 Å². The van der Waals surface area contributed by atoms with Crippen LogP contribution < -0.4 is 5.73 Å². The van der Waals surface area contributed by atoms with Gasteiger partial charge in [-0.25, -0.2) is 0 Å². The normalized spacial score (nSPS) is 20.7. The third-order valence-electron chi connectivity index (χ3n) is 1.83. The zero-order valence-corrected chi connectivity index (χ0v) is 8.00. The maximum absolute atomic E-state index is 11.1. The molecule has 1 heterocycles. The average molecular weight is 171 g/mol. The summed E-state index contributed by atoms with van der Waals surface area (Å²) in [7, 11) is 1.81. The van der Waals surface area contributed by atoms with Gasteiger partial charge in [0.1, 0.15) is 0 Å². The van der Waals surface area contributed by atoms with Crippen LogP contribution in [-0.4, -0.2) is 48.1 Å². The van der Waals surface area contributed by atoms with E-state index in [-0.39, 0.29) is 11.4 Å². The zero-order valence-electron chi connectivity index (χ0n) is 8.00. The van der Waals surface area contributed by atoms with E-state index in [0.29, 0.717) is 13.2 Å². The first-order chi connectivity index (χ1) is 5.38. The molecule has 4 nitrogen and oxygen atoms in total. The predicted octanol–water partition coefficient (Wildman–Crippen LogP) is -0.545. The Morgan fingerprint density at radius 1 is 1.58 bits per heavy atom. The molecule has 1 saturated heterocycles. The highest BCUT2D eigenvalue weighted by molar-refractivity contribution is 5.79. The highest BCUT2D eigenvalue weighted by Gasteiger charge is 2.27. The van der Waals surface area contributed by atoms with Gasteiger partial charge >= 0.3 is 0 Å². The Kier molecular flexibility index (Phi) is 2.39. The van der Waals surface area contributed by atoms with E-state index in [4.69, 9.17) is 5.73 Å². The summed E-state index contributed by atoms with van der Waals surface area (Å²) in [5, 5.41) is 0. The smallest absolute Gasteiger partial charge is 0.237 e. The van der Waals surface area contributed by atoms with Gasteiger partial charge in [-0.3, -0.25) is 9.69 Å². The lowest BCUT2D eigenvalue weighted by Gasteiger charge is -2.24. The monoisotopic (exact) mass is 171 g/mol. The largest absolute Gasteiger partial charge is 0.332 e. The van der Waals surface area contributed by atoms with Crippen molar-refractivity contribution in [1.29, 1.82) is 0 Å². The molecule has 0 saturated carbocycles. The number of carbonyl (C=O) groups is 1. The maximum atomic E-state index is 11.1. The molecule has 12 heavy (non-hydrogen) atoms. The van der Waals surface area contributed by atoms with Crippen LogP contribution in [0.1, 0.15) is 13.8 Å². The number of nitrogens with zero attached hydrogens (tertiary/aromatic N) is 2. The molecule has 0 spiro atoms. The van der Waals surface area contributed by atoms with Gasteiger partial charge in [-0.2, -0.15) is 0 Å². The van der Waals surface area contributed by atoms with Crippen LogP contribution in [0, 0.1) is 0 Å². The first-order valence-electron chi connectivity index (χ1n) is 4.14. The molecule has 4 heteroatoms. The fourth-order valence-corrected chi connectivity index (χ4v) is 1.42. The molecule has 1 amide bonds. The van der Waals surface area contributed by atoms with Crippen molar-refractivity contribution >= 4 is 5.91 Å². The molecular formula is C8H17N3O. The van der Waals surface area contributed by atoms with Crippen LogP contribution in [0.5, 0.6) is 0 Å². The number of nitrogens with two attached hydrogens (primary N) is 1. The third-order valence-corrected chi connectivity index (χ3v) is 1.83. The SMILES string of the molecule is CN1CN(CC(C)(C)N)CC1=O. The Labute approximate surface area is 73.3 Å². The van der Waals surface area contributed by atoms with Gasteiger partial charge in [0.2, 0.25) is 5.91 Å². The summed E-state index contributed by atoms with van der Waals surface area (Å²) < 4.78 is 0. The molecule has 2 N–H and O–H groups in total. The molecule has 0 unspecified atom stereocenters. The highest BCUT2D eigenvalue weighted by Crippen LogP contribution is 2.08. The summed E-state index contributed by atoms with van der Waals surface area (Å²) in [4.78, 5) is 14.9. The summed E-state index contributed by atoms with van der Waals surface area (Å²) in [6.45, 7) is 5.92. The molecule has 70 valence electrons. The van der Waals surface area contributed by atoms with E-state index in [1.54, 1.807) is 4.90 Å². The number of rotatable bonds is 2. The Morgan fingerprint density at radius 3 is 2.50 bits per heavy atom. The molecular weight excluding hydrogens is 154 g/mol. The molecule has 0 bridgehead atoms. The summed E-state index contributed by atoms with van der Waals surface area (Å²) in [6.07, 6.45) is 0. The van der Waals surface area contributed by atoms with Crippen molar-refractivity contribution in [2.75, 3.05) is 26.8 Å². The number of hydrogen-bond acceptors (Lipinski definition) is 3. The highest BCUT2D eigenvalue weighted by atomic mass is 16.2. The molecule has 0 atom stereocenters. The molecule has 1 rings (SSSR count). The van der Waals surface area contributed by atoms with Crippen LogP contribution in [0.2, 0.25) is 0 Å². The Bertz CT molecular complexity index is 185. The summed E-state index contributed by atoms with van der Waals surface area (Å²) >= 11 is 0. The van der Waals surface area contributed by atoms with Gasteiger partial charge in [-0.15, -0.1) is 0 Å². The minimum absolute atomic E-state index is 0.180. The lowest BCUT2D eigenvalue weighted by molar-refractivity contribution is -0.125. The van der Waals surface area contributed by atoms with Crippen LogP contribution >= 0.6 is 0 Å². The van der Waals surface area contributed by atoms with Crippen LogP contribution in [0.25, 0.3) is 0 Å². The minimum Gasteiger partial charge on any atom is -0.332 e. The molecule has 1 aliphatic heterocycles. The van der Waals surface area contributed by atoms with Crippen LogP contribution in [-0.2, 0) is 4.79 Å². The number of amides is 1. The van der Waals surface area contributed by atoms with Crippen molar-refractivity contribution in [3.05, 3.63) is 0 Å². The lowest BCUT2D eigenvalue weighted by Crippen LogP contribution is -2.44. The number of hydrogen-bond donors (Lipinski definition) is 1. The van der Waals surface area contributed by atoms with E-state index in [0.717, 1.165) is 6.54 Å². The van der Waals surface area contributed by atoms with Crippen molar-refractivity contribution in [2.24, 2.45) is 5.73 Å². The minimum atomic E-state index is -0.217. The van der Waals surface area contributed by atoms with Gasteiger partial charge in [0.05, 0.1) is 13.2 Å². The molecule has 1 fully saturated rings. The van der Waals surface area contributed by atoms with Gasteiger partial charge in [0, 0.05) is 19.1 Å². The average Bonchev–Trinajstić information content (AvgIpc) is 2.07. The second-order valence-corrected chi connectivity index (χ2v) is 4.21. The van der Waals surface area contributed by atoms with E-state index in [1.807, 2.05) is 20.9 Å². The Morgan fingerprint density at radius 2 is 2.17 bits per heavy atom. The standard InChI is InChI=1S/C8H17N3O/c1-8(2,9)5-11-4-7(12)10(3)6-11/h4-6,9H2,1-3H3. The Balaban J connectivity index is 2.43. The van der Waals surface area contributed by atoms with Crippen molar-refractivity contribution in [2.45, 2.75) is 19.4 Å². The maximum Gasteiger partial charge on any atom is 0.237 e. The van der Waals surface area contributed by atoms with Crippen LogP contribution in [0.15, 0.2) is 0 Å². The predicted molar refractivity (Wildman–Crippen MR) is 47.5 cm³/mol. The Hall–Kier alpha value is -0.610. The molecule has 0 aliphatic carbocycles. The van der Waals surface area contributed by atoms with Gasteiger partial charge in [0.25, 0.3) is 0 Å². The molecule has 0 aromatic rings. The molecule has 1 aliphatic rings. The summed E-state index contributed by atoms with van der Waals surface area (Å²) in [6, 6.07) is 0. The van der Waals surface area contributed by atoms with E-state index in [9.17, 15) is 4.79 Å². The van der Waals surface area contributed by atoms with Gasteiger partial charge in [-0.05, 0) is 13.8 Å². The van der Waals surface area contributed by atoms with Gasteiger partial charge in [0.15, 0.2) is 0 Å². The second kappa shape index (κ2) is 3.03. The summed E-state index contributed by atoms with van der Waals surface area (Å²) in [5.41, 5.74) is 5.62. The fourth-order valence-electron chi connectivity index (χ4n) is 1.42. The van der Waals surface area contributed by atoms with Crippen molar-refractivity contribution in [3.8, 4) is 0 Å². The second-order valence-electron chi connectivity index (χ2n) is 4.21. The van der Waals surface area contributed by atoms with Crippen molar-refractivity contribution in [3.63, 3.8) is 0 Å². The van der Waals surface area contributed by atoms with Crippen molar-refractivity contribution in [1.82, 2.24) is 9.80 Å². The number of likely N-dealkylation sites (N-methyl/N-ethyl adjacent to an activating group) is 1. The van der Waals surface area contributed by atoms with Crippen LogP contribution in [0.4, 0.5) is 0 Å². The van der Waals surface area contributed by atoms with Crippen LogP contribution in [0.3, 0.4) is 0 Å². The van der Waals surface area contributed by atoms with Gasteiger partial charge in [-0.1, -0.05) is 0 Å². The topological polar surface area (TPSA) is 49.6 Å². The third kappa shape index (κ3) is 2.46. The van der Waals surface area contributed by atoms with E-state index < -0.39 is 0 Å². The van der Waals surface area contributed by atoms with Gasteiger partial charge < -0.3 is 10.6 Å². The van der Waals surface area contributed by atoms with E-state index >= 15 is 0 Å².